The predicted molar refractivity (Wildman–Crippen MR) is 24.3 cm³/mol. The van der Waals surface area contributed by atoms with Gasteiger partial charge in [0.05, 0.1) is 6.33 Å². The van der Waals surface area contributed by atoms with Crippen molar-refractivity contribution in [1.29, 1.82) is 0 Å². The van der Waals surface area contributed by atoms with E-state index in [1.54, 1.807) is 18.7 Å². The van der Waals surface area contributed by atoms with Gasteiger partial charge in [0, 0.05) is 23.4 Å². The molecule has 0 aromatic carbocycles. The lowest BCUT2D eigenvalue weighted by atomic mass is 11.0. The SMILES string of the molecule is [Si].c1c[nH]cn1. The van der Waals surface area contributed by atoms with E-state index < -0.39 is 0 Å². The fraction of sp³-hybridized carbons (Fsp3) is 0. The smallest absolute Gasteiger partial charge is 0.0919 e. The van der Waals surface area contributed by atoms with Gasteiger partial charge >= 0.3 is 0 Å². The molecule has 0 atom stereocenters. The Bertz CT molecular complexity index is 65.3. The van der Waals surface area contributed by atoms with Gasteiger partial charge in [-0.05, 0) is 0 Å². The molecular formula is C3H4N2Si. The van der Waals surface area contributed by atoms with E-state index in [1.807, 2.05) is 0 Å². The Morgan fingerprint density at radius 1 is 1.50 bits per heavy atom. The van der Waals surface area contributed by atoms with Gasteiger partial charge in [0.2, 0.25) is 0 Å². The molecule has 4 radical (unpaired) electrons. The van der Waals surface area contributed by atoms with Crippen molar-refractivity contribution in [3.63, 3.8) is 0 Å². The summed E-state index contributed by atoms with van der Waals surface area (Å²) in [6.45, 7) is 0. The summed E-state index contributed by atoms with van der Waals surface area (Å²) in [6, 6.07) is 0. The van der Waals surface area contributed by atoms with Crippen molar-refractivity contribution in [3.8, 4) is 0 Å². The van der Waals surface area contributed by atoms with Crippen LogP contribution in [0.15, 0.2) is 18.7 Å². The Morgan fingerprint density at radius 3 is 2.50 bits per heavy atom. The van der Waals surface area contributed by atoms with Crippen molar-refractivity contribution >= 4 is 11.0 Å². The number of aromatic nitrogens is 2. The topological polar surface area (TPSA) is 28.7 Å². The highest BCUT2D eigenvalue weighted by atomic mass is 28.1. The number of hydrogen-bond donors (Lipinski definition) is 1. The fourth-order valence-electron chi connectivity index (χ4n) is 0.215. The van der Waals surface area contributed by atoms with Gasteiger partial charge in [0.15, 0.2) is 0 Å². The molecule has 0 aliphatic rings. The minimum Gasteiger partial charge on any atom is -0.351 e. The number of H-pyrrole nitrogens is 1. The van der Waals surface area contributed by atoms with Crippen LogP contribution in [0.4, 0.5) is 0 Å². The van der Waals surface area contributed by atoms with Gasteiger partial charge in [-0.15, -0.1) is 0 Å². The van der Waals surface area contributed by atoms with Gasteiger partial charge in [-0.25, -0.2) is 4.98 Å². The average molecular weight is 96.2 g/mol. The molecule has 2 nitrogen and oxygen atoms in total. The first-order valence-corrected chi connectivity index (χ1v) is 1.43. The Hall–Kier alpha value is -0.573. The predicted octanol–water partition coefficient (Wildman–Crippen LogP) is 0.0289. The first-order chi connectivity index (χ1) is 2.50. The van der Waals surface area contributed by atoms with Gasteiger partial charge in [-0.1, -0.05) is 0 Å². The van der Waals surface area contributed by atoms with E-state index in [0.717, 1.165) is 0 Å². The fourth-order valence-corrected chi connectivity index (χ4v) is 0.215. The Balaban J connectivity index is 0.000000250. The molecule has 1 heterocycles. The maximum Gasteiger partial charge on any atom is 0.0919 e. The third kappa shape index (κ3) is 1.03. The van der Waals surface area contributed by atoms with Crippen LogP contribution in [-0.4, -0.2) is 20.9 Å². The Kier molecular flexibility index (Phi) is 2.40. The molecule has 1 N–H and O–H groups in total. The molecule has 1 rings (SSSR count). The number of aromatic amines is 1. The number of nitrogens with zero attached hydrogens (tertiary/aromatic N) is 1. The summed E-state index contributed by atoms with van der Waals surface area (Å²) < 4.78 is 0. The van der Waals surface area contributed by atoms with Crippen LogP contribution in [0, 0.1) is 0 Å². The van der Waals surface area contributed by atoms with Gasteiger partial charge in [-0.3, -0.25) is 0 Å². The zero-order valence-electron chi connectivity index (χ0n) is 3.18. The van der Waals surface area contributed by atoms with Crippen LogP contribution in [0.5, 0.6) is 0 Å². The van der Waals surface area contributed by atoms with E-state index in [2.05, 4.69) is 9.97 Å². The lowest BCUT2D eigenvalue weighted by Crippen LogP contribution is -1.44. The molecule has 0 fully saturated rings. The molecule has 0 aliphatic heterocycles. The minimum absolute atomic E-state index is 0. The lowest BCUT2D eigenvalue weighted by Gasteiger charge is -1.46. The van der Waals surface area contributed by atoms with E-state index in [-0.39, 0.29) is 11.0 Å². The van der Waals surface area contributed by atoms with E-state index in [1.165, 1.54) is 0 Å². The third-order valence-corrected chi connectivity index (χ3v) is 0.406. The van der Waals surface area contributed by atoms with Crippen LogP contribution in [0.3, 0.4) is 0 Å². The molecule has 0 spiro atoms. The Labute approximate surface area is 40.6 Å². The molecule has 0 unspecified atom stereocenters. The van der Waals surface area contributed by atoms with Gasteiger partial charge < -0.3 is 4.98 Å². The van der Waals surface area contributed by atoms with Crippen molar-refractivity contribution in [3.05, 3.63) is 18.7 Å². The lowest BCUT2D eigenvalue weighted by molar-refractivity contribution is 1.31. The highest BCUT2D eigenvalue weighted by Gasteiger charge is 1.56. The van der Waals surface area contributed by atoms with Crippen LogP contribution < -0.4 is 0 Å². The summed E-state index contributed by atoms with van der Waals surface area (Å²) in [4.78, 5) is 6.42. The summed E-state index contributed by atoms with van der Waals surface area (Å²) in [7, 11) is 0. The van der Waals surface area contributed by atoms with Crippen molar-refractivity contribution in [2.24, 2.45) is 0 Å². The number of nitrogens with one attached hydrogen (secondary N) is 1. The zero-order valence-corrected chi connectivity index (χ0v) is 4.18. The first-order valence-electron chi connectivity index (χ1n) is 1.43. The number of hydrogen-bond acceptors (Lipinski definition) is 1. The van der Waals surface area contributed by atoms with Crippen LogP contribution in [0.25, 0.3) is 0 Å². The van der Waals surface area contributed by atoms with Crippen molar-refractivity contribution in [2.45, 2.75) is 0 Å². The molecular weight excluding hydrogens is 92.1 g/mol. The van der Waals surface area contributed by atoms with Crippen LogP contribution in [0.2, 0.25) is 0 Å². The van der Waals surface area contributed by atoms with Gasteiger partial charge in [0.25, 0.3) is 0 Å². The summed E-state index contributed by atoms with van der Waals surface area (Å²) in [5, 5.41) is 0. The molecule has 1 aromatic heterocycles. The molecule has 3 heteroatoms. The van der Waals surface area contributed by atoms with Crippen molar-refractivity contribution < 1.29 is 0 Å². The second-order valence-corrected chi connectivity index (χ2v) is 0.761. The maximum absolute atomic E-state index is 3.67. The highest BCUT2D eigenvalue weighted by molar-refractivity contribution is 5.75. The van der Waals surface area contributed by atoms with E-state index in [0.29, 0.717) is 0 Å². The molecule has 30 valence electrons. The average Bonchev–Trinajstić information content (AvgIpc) is 1.76. The molecule has 0 amide bonds. The van der Waals surface area contributed by atoms with E-state index in [4.69, 9.17) is 0 Å². The third-order valence-electron chi connectivity index (χ3n) is 0.406. The zero-order chi connectivity index (χ0) is 3.54. The first kappa shape index (κ1) is 5.43. The monoisotopic (exact) mass is 96.0 g/mol. The Morgan fingerprint density at radius 2 is 2.33 bits per heavy atom. The minimum atomic E-state index is 0. The number of imidazole rings is 1. The van der Waals surface area contributed by atoms with Gasteiger partial charge in [0.1, 0.15) is 0 Å². The maximum atomic E-state index is 3.67. The summed E-state index contributed by atoms with van der Waals surface area (Å²) in [6.07, 6.45) is 5.08. The van der Waals surface area contributed by atoms with Crippen LogP contribution in [-0.2, 0) is 0 Å². The quantitative estimate of drug-likeness (QED) is 0.453. The molecule has 0 saturated heterocycles. The molecule has 0 aliphatic carbocycles. The number of rotatable bonds is 0. The molecule has 6 heavy (non-hydrogen) atoms. The summed E-state index contributed by atoms with van der Waals surface area (Å²) >= 11 is 0. The summed E-state index contributed by atoms with van der Waals surface area (Å²) in [5.41, 5.74) is 0. The normalized spacial score (nSPS) is 6.67. The van der Waals surface area contributed by atoms with Crippen LogP contribution in [0.1, 0.15) is 0 Å². The summed E-state index contributed by atoms with van der Waals surface area (Å²) in [5.74, 6) is 0. The van der Waals surface area contributed by atoms with Crippen molar-refractivity contribution in [1.82, 2.24) is 9.97 Å². The van der Waals surface area contributed by atoms with E-state index >= 15 is 0 Å². The second-order valence-electron chi connectivity index (χ2n) is 0.761. The van der Waals surface area contributed by atoms with Crippen LogP contribution >= 0.6 is 0 Å². The van der Waals surface area contributed by atoms with Crippen molar-refractivity contribution in [2.75, 3.05) is 0 Å². The largest absolute Gasteiger partial charge is 0.351 e. The molecule has 0 bridgehead atoms. The molecule has 1 aromatic rings. The van der Waals surface area contributed by atoms with E-state index in [9.17, 15) is 0 Å². The van der Waals surface area contributed by atoms with Gasteiger partial charge in [-0.2, -0.15) is 0 Å². The molecule has 0 saturated carbocycles. The second kappa shape index (κ2) is 2.65. The standard InChI is InChI=1S/C3H4N2.Si/c1-2-5-3-4-1;/h1-3H,(H,4,5);. The highest BCUT2D eigenvalue weighted by Crippen LogP contribution is 1.62.